The number of hydrogen-bond donors (Lipinski definition) is 0. The predicted molar refractivity (Wildman–Crippen MR) is 96.6 cm³/mol. The van der Waals surface area contributed by atoms with Gasteiger partial charge in [-0.05, 0) is 37.3 Å². The molecule has 1 fully saturated rings. The summed E-state index contributed by atoms with van der Waals surface area (Å²) >= 11 is 0. The molecule has 0 aromatic heterocycles. The van der Waals surface area contributed by atoms with Gasteiger partial charge in [0.05, 0.1) is 0 Å². The van der Waals surface area contributed by atoms with Crippen LogP contribution in [-0.2, 0) is 0 Å². The van der Waals surface area contributed by atoms with Gasteiger partial charge in [-0.3, -0.25) is 0 Å². The van der Waals surface area contributed by atoms with Crippen LogP contribution in [0.5, 0.6) is 0 Å². The number of halogens is 3. The molecule has 0 amide bonds. The van der Waals surface area contributed by atoms with E-state index in [1.807, 2.05) is 24.3 Å². The first-order valence-corrected chi connectivity index (χ1v) is 8.48. The van der Waals surface area contributed by atoms with Crippen molar-refractivity contribution in [1.82, 2.24) is 4.90 Å². The Morgan fingerprint density at radius 1 is 1.04 bits per heavy atom. The second-order valence-electron chi connectivity index (χ2n) is 6.87. The zero-order chi connectivity index (χ0) is 18.1. The number of benzene rings is 1. The fourth-order valence-electron chi connectivity index (χ4n) is 3.25. The van der Waals surface area contributed by atoms with Crippen molar-refractivity contribution < 1.29 is 13.2 Å². The lowest BCUT2D eigenvalue weighted by Crippen LogP contribution is -2.44. The molecule has 1 aromatic rings. The Morgan fingerprint density at radius 2 is 1.72 bits per heavy atom. The summed E-state index contributed by atoms with van der Waals surface area (Å²) < 4.78 is 40.9. The maximum atomic E-state index is 13.6. The van der Waals surface area contributed by atoms with E-state index in [1.165, 1.54) is 19.1 Å². The largest absolute Gasteiger partial charge is 0.401 e. The van der Waals surface area contributed by atoms with E-state index >= 15 is 0 Å². The van der Waals surface area contributed by atoms with Crippen molar-refractivity contribution in [2.75, 3.05) is 38.1 Å². The molecule has 1 aliphatic heterocycles. The normalized spacial score (nSPS) is 26.4. The van der Waals surface area contributed by atoms with Crippen LogP contribution in [0.25, 0.3) is 6.08 Å². The van der Waals surface area contributed by atoms with Crippen LogP contribution in [0.4, 0.5) is 18.9 Å². The molecule has 134 valence electrons. The third kappa shape index (κ3) is 3.52. The van der Waals surface area contributed by atoms with Crippen molar-refractivity contribution in [3.8, 4) is 0 Å². The maximum absolute atomic E-state index is 13.6. The van der Waals surface area contributed by atoms with E-state index in [2.05, 4.69) is 16.8 Å². The van der Waals surface area contributed by atoms with E-state index in [0.717, 1.165) is 37.4 Å². The second-order valence-corrected chi connectivity index (χ2v) is 6.87. The predicted octanol–water partition coefficient (Wildman–Crippen LogP) is 4.52. The molecule has 0 saturated carbocycles. The lowest BCUT2D eigenvalue weighted by atomic mass is 9.77. The molecule has 2 nitrogen and oxygen atoms in total. The Morgan fingerprint density at radius 3 is 2.40 bits per heavy atom. The van der Waals surface area contributed by atoms with Gasteiger partial charge in [0, 0.05) is 31.9 Å². The number of likely N-dealkylation sites (N-methyl/N-ethyl adjacent to an activating group) is 1. The molecule has 5 heteroatoms. The van der Waals surface area contributed by atoms with Crippen molar-refractivity contribution in [1.29, 1.82) is 0 Å². The van der Waals surface area contributed by atoms with Crippen molar-refractivity contribution in [2.24, 2.45) is 5.41 Å². The first-order chi connectivity index (χ1) is 11.8. The molecule has 0 bridgehead atoms. The van der Waals surface area contributed by atoms with E-state index in [9.17, 15) is 13.2 Å². The number of piperazine rings is 1. The van der Waals surface area contributed by atoms with E-state index in [4.69, 9.17) is 0 Å². The summed E-state index contributed by atoms with van der Waals surface area (Å²) in [5.74, 6) is 0. The minimum atomic E-state index is -4.33. The van der Waals surface area contributed by atoms with Gasteiger partial charge >= 0.3 is 6.18 Å². The minimum absolute atomic E-state index is 0.268. The van der Waals surface area contributed by atoms with Crippen LogP contribution in [0.15, 0.2) is 54.1 Å². The van der Waals surface area contributed by atoms with Gasteiger partial charge in [0.2, 0.25) is 0 Å². The zero-order valence-corrected chi connectivity index (χ0v) is 14.6. The molecule has 25 heavy (non-hydrogen) atoms. The highest BCUT2D eigenvalue weighted by molar-refractivity contribution is 5.72. The molecule has 1 heterocycles. The van der Waals surface area contributed by atoms with Crippen molar-refractivity contribution in [3.63, 3.8) is 0 Å². The van der Waals surface area contributed by atoms with Crippen LogP contribution >= 0.6 is 0 Å². The zero-order valence-electron chi connectivity index (χ0n) is 14.6. The third-order valence-corrected chi connectivity index (χ3v) is 5.10. The molecule has 0 spiro atoms. The Labute approximate surface area is 146 Å². The van der Waals surface area contributed by atoms with Crippen LogP contribution in [-0.4, -0.2) is 44.3 Å². The number of allylic oxidation sites excluding steroid dienone is 5. The fraction of sp³-hybridized carbons (Fsp3) is 0.400. The second kappa shape index (κ2) is 6.71. The van der Waals surface area contributed by atoms with Gasteiger partial charge in [-0.1, -0.05) is 42.5 Å². The van der Waals surface area contributed by atoms with Gasteiger partial charge in [-0.25, -0.2) is 0 Å². The van der Waals surface area contributed by atoms with E-state index in [1.54, 1.807) is 18.2 Å². The highest BCUT2D eigenvalue weighted by Gasteiger charge is 2.51. The van der Waals surface area contributed by atoms with Gasteiger partial charge in [0.15, 0.2) is 0 Å². The summed E-state index contributed by atoms with van der Waals surface area (Å²) in [4.78, 5) is 4.51. The average Bonchev–Trinajstić information content (AvgIpc) is 2.57. The van der Waals surface area contributed by atoms with Crippen molar-refractivity contribution in [2.45, 2.75) is 13.1 Å². The molecule has 2 aliphatic rings. The van der Waals surface area contributed by atoms with Crippen molar-refractivity contribution in [3.05, 3.63) is 59.7 Å². The average molecular weight is 348 g/mol. The molecular weight excluding hydrogens is 325 g/mol. The van der Waals surface area contributed by atoms with Crippen LogP contribution in [0, 0.1) is 5.41 Å². The Hall–Kier alpha value is -2.01. The molecule has 1 atom stereocenters. The first-order valence-electron chi connectivity index (χ1n) is 8.48. The van der Waals surface area contributed by atoms with E-state index in [0.29, 0.717) is 0 Å². The first kappa shape index (κ1) is 17.8. The van der Waals surface area contributed by atoms with Crippen LogP contribution in [0.1, 0.15) is 12.5 Å². The van der Waals surface area contributed by atoms with Crippen LogP contribution < -0.4 is 4.90 Å². The summed E-state index contributed by atoms with van der Waals surface area (Å²) in [5.41, 5.74) is 0.133. The SMILES string of the molecule is CN1CCN(c2ccccc2C=C2C=CC=CC2(C)C(F)(F)F)CC1. The Bertz CT molecular complexity index is 710. The maximum Gasteiger partial charge on any atom is 0.401 e. The highest BCUT2D eigenvalue weighted by Crippen LogP contribution is 2.48. The number of anilines is 1. The van der Waals surface area contributed by atoms with Crippen LogP contribution in [0.2, 0.25) is 0 Å². The molecule has 1 aliphatic carbocycles. The quantitative estimate of drug-likeness (QED) is 0.775. The number of alkyl halides is 3. The lowest BCUT2D eigenvalue weighted by molar-refractivity contribution is -0.185. The molecule has 0 N–H and O–H groups in total. The third-order valence-electron chi connectivity index (χ3n) is 5.10. The minimum Gasteiger partial charge on any atom is -0.368 e. The van der Waals surface area contributed by atoms with Gasteiger partial charge in [0.25, 0.3) is 0 Å². The standard InChI is InChI=1S/C20H23F3N2/c1-19(20(21,22)23)10-6-5-8-17(19)15-16-7-3-4-9-18(16)25-13-11-24(2)12-14-25/h3-10,15H,11-14H2,1-2H3. The fourth-order valence-corrected chi connectivity index (χ4v) is 3.25. The number of para-hydroxylation sites is 1. The summed E-state index contributed by atoms with van der Waals surface area (Å²) in [6, 6.07) is 7.70. The number of rotatable bonds is 2. The van der Waals surface area contributed by atoms with Gasteiger partial charge in [-0.2, -0.15) is 13.2 Å². The van der Waals surface area contributed by atoms with E-state index in [-0.39, 0.29) is 5.57 Å². The van der Waals surface area contributed by atoms with Gasteiger partial charge in [0.1, 0.15) is 5.41 Å². The summed E-state index contributed by atoms with van der Waals surface area (Å²) in [6.45, 7) is 4.89. The van der Waals surface area contributed by atoms with Gasteiger partial charge < -0.3 is 9.80 Å². The molecule has 1 aromatic carbocycles. The number of hydrogen-bond acceptors (Lipinski definition) is 2. The molecule has 0 radical (unpaired) electrons. The number of nitrogens with zero attached hydrogens (tertiary/aromatic N) is 2. The van der Waals surface area contributed by atoms with Gasteiger partial charge in [-0.15, -0.1) is 0 Å². The smallest absolute Gasteiger partial charge is 0.368 e. The highest BCUT2D eigenvalue weighted by atomic mass is 19.4. The monoisotopic (exact) mass is 348 g/mol. The van der Waals surface area contributed by atoms with Crippen molar-refractivity contribution >= 4 is 11.8 Å². The Balaban J connectivity index is 1.98. The summed E-state index contributed by atoms with van der Waals surface area (Å²) in [5, 5.41) is 0. The van der Waals surface area contributed by atoms with Crippen LogP contribution in [0.3, 0.4) is 0 Å². The topological polar surface area (TPSA) is 6.48 Å². The Kier molecular flexibility index (Phi) is 4.78. The summed E-state index contributed by atoms with van der Waals surface area (Å²) in [7, 11) is 2.08. The molecule has 3 rings (SSSR count). The van der Waals surface area contributed by atoms with E-state index < -0.39 is 11.6 Å². The molecule has 1 saturated heterocycles. The summed E-state index contributed by atoms with van der Waals surface area (Å²) in [6.07, 6.45) is 3.28. The molecular formula is C20H23F3N2. The lowest BCUT2D eigenvalue weighted by Gasteiger charge is -2.35. The molecule has 1 unspecified atom stereocenters.